The highest BCUT2D eigenvalue weighted by atomic mass is 35.5. The third kappa shape index (κ3) is 6.64. The third-order valence-electron chi connectivity index (χ3n) is 3.05. The number of sulfonamides is 1. The first-order valence-corrected chi connectivity index (χ1v) is 10.7. The molecule has 2 rings (SSSR count). The van der Waals surface area contributed by atoms with Gasteiger partial charge in [0.1, 0.15) is 0 Å². The van der Waals surface area contributed by atoms with Gasteiger partial charge in [0.25, 0.3) is 0 Å². The summed E-state index contributed by atoms with van der Waals surface area (Å²) in [5, 5.41) is 3.36. The lowest BCUT2D eigenvalue weighted by Crippen LogP contribution is -2.40. The Balaban J connectivity index is 2.01. The maximum absolute atomic E-state index is 12.4. The van der Waals surface area contributed by atoms with E-state index in [2.05, 4.69) is 10.0 Å². The lowest BCUT2D eigenvalue weighted by Gasteiger charge is -2.20. The van der Waals surface area contributed by atoms with Crippen molar-refractivity contribution in [2.45, 2.75) is 36.1 Å². The van der Waals surface area contributed by atoms with Crippen molar-refractivity contribution in [1.82, 2.24) is 4.72 Å². The Bertz CT molecular complexity index is 876. The Morgan fingerprint density at radius 3 is 2.38 bits per heavy atom. The molecule has 0 fully saturated rings. The predicted octanol–water partition coefficient (Wildman–Crippen LogP) is 4.15. The summed E-state index contributed by atoms with van der Waals surface area (Å²) in [6, 6.07) is 13.4. The molecule has 0 radical (unpaired) electrons. The molecule has 1 amide bonds. The molecule has 0 aliphatic rings. The first kappa shape index (κ1) is 20.8. The monoisotopic (exact) mass is 412 g/mol. The second-order valence-corrected chi connectivity index (χ2v) is 9.84. The second-order valence-electron chi connectivity index (χ2n) is 6.67. The van der Waals surface area contributed by atoms with Crippen LogP contribution in [0.4, 0.5) is 5.69 Å². The van der Waals surface area contributed by atoms with Gasteiger partial charge in [-0.3, -0.25) is 4.79 Å². The number of thioether (sulfide) groups is 1. The van der Waals surface area contributed by atoms with Crippen molar-refractivity contribution in [1.29, 1.82) is 0 Å². The number of hydrogen-bond donors (Lipinski definition) is 2. The van der Waals surface area contributed by atoms with Crippen LogP contribution in [0, 0.1) is 0 Å². The van der Waals surface area contributed by atoms with Gasteiger partial charge in [-0.2, -0.15) is 0 Å². The van der Waals surface area contributed by atoms with Crippen LogP contribution in [-0.2, 0) is 14.8 Å². The molecule has 0 aromatic heterocycles. The summed E-state index contributed by atoms with van der Waals surface area (Å²) in [6.45, 7) is 5.30. The van der Waals surface area contributed by atoms with E-state index in [1.165, 1.54) is 23.9 Å². The van der Waals surface area contributed by atoms with Gasteiger partial charge in [-0.15, -0.1) is 11.8 Å². The molecule has 2 N–H and O–H groups in total. The molecule has 0 saturated carbocycles. The minimum atomic E-state index is -3.65. The standard InChI is InChI=1S/C18H21ClN2O3S2/c1-18(2,3)21-26(23,24)16-6-4-5-14(11-16)20-17(22)12-25-15-9-7-13(19)8-10-15/h4-11,21H,12H2,1-3H3,(H,20,22). The van der Waals surface area contributed by atoms with Crippen LogP contribution in [-0.4, -0.2) is 25.6 Å². The Labute approximate surface area is 163 Å². The first-order valence-electron chi connectivity index (χ1n) is 7.87. The van der Waals surface area contributed by atoms with E-state index in [0.717, 1.165) is 4.90 Å². The van der Waals surface area contributed by atoms with E-state index in [1.807, 2.05) is 12.1 Å². The molecular weight excluding hydrogens is 392 g/mol. The average Bonchev–Trinajstić information content (AvgIpc) is 2.52. The van der Waals surface area contributed by atoms with E-state index >= 15 is 0 Å². The van der Waals surface area contributed by atoms with Crippen LogP contribution in [0.2, 0.25) is 5.02 Å². The lowest BCUT2D eigenvalue weighted by molar-refractivity contribution is -0.113. The Morgan fingerprint density at radius 2 is 1.77 bits per heavy atom. The van der Waals surface area contributed by atoms with E-state index in [0.29, 0.717) is 10.7 Å². The molecule has 0 heterocycles. The fourth-order valence-electron chi connectivity index (χ4n) is 2.08. The molecule has 8 heteroatoms. The van der Waals surface area contributed by atoms with Crippen LogP contribution in [0.5, 0.6) is 0 Å². The van der Waals surface area contributed by atoms with E-state index in [9.17, 15) is 13.2 Å². The van der Waals surface area contributed by atoms with Gasteiger partial charge in [-0.05, 0) is 63.2 Å². The maximum Gasteiger partial charge on any atom is 0.241 e. The summed E-state index contributed by atoms with van der Waals surface area (Å²) < 4.78 is 27.4. The summed E-state index contributed by atoms with van der Waals surface area (Å²) >= 11 is 7.20. The first-order chi connectivity index (χ1) is 12.0. The highest BCUT2D eigenvalue weighted by molar-refractivity contribution is 8.00. The Hall–Kier alpha value is -1.54. The van der Waals surface area contributed by atoms with Crippen molar-refractivity contribution in [2.24, 2.45) is 0 Å². The zero-order chi connectivity index (χ0) is 19.4. The molecule has 2 aromatic rings. The normalized spacial score (nSPS) is 12.0. The molecule has 5 nitrogen and oxygen atoms in total. The molecule has 2 aromatic carbocycles. The van der Waals surface area contributed by atoms with Crippen LogP contribution in [0.1, 0.15) is 20.8 Å². The fraction of sp³-hybridized carbons (Fsp3) is 0.278. The van der Waals surface area contributed by atoms with Crippen molar-refractivity contribution in [3.05, 3.63) is 53.6 Å². The van der Waals surface area contributed by atoms with Gasteiger partial charge in [-0.1, -0.05) is 17.7 Å². The third-order valence-corrected chi connectivity index (χ3v) is 6.07. The summed E-state index contributed by atoms with van der Waals surface area (Å²) in [5.74, 6) is -0.0120. The summed E-state index contributed by atoms with van der Waals surface area (Å²) in [5.41, 5.74) is -0.156. The highest BCUT2D eigenvalue weighted by Crippen LogP contribution is 2.21. The van der Waals surface area contributed by atoms with Crippen LogP contribution in [0.25, 0.3) is 0 Å². The largest absolute Gasteiger partial charge is 0.325 e. The van der Waals surface area contributed by atoms with Gasteiger partial charge < -0.3 is 5.32 Å². The van der Waals surface area contributed by atoms with Crippen LogP contribution in [0.3, 0.4) is 0 Å². The summed E-state index contributed by atoms with van der Waals surface area (Å²) in [4.78, 5) is 13.2. The zero-order valence-electron chi connectivity index (χ0n) is 14.7. The molecule has 140 valence electrons. The van der Waals surface area contributed by atoms with Gasteiger partial charge in [0, 0.05) is 21.1 Å². The second kappa shape index (κ2) is 8.43. The van der Waals surface area contributed by atoms with Gasteiger partial charge in [0.15, 0.2) is 0 Å². The molecular formula is C18H21ClN2O3S2. The SMILES string of the molecule is CC(C)(C)NS(=O)(=O)c1cccc(NC(=O)CSc2ccc(Cl)cc2)c1. The van der Waals surface area contributed by atoms with E-state index < -0.39 is 15.6 Å². The number of carbonyl (C=O) groups is 1. The maximum atomic E-state index is 12.4. The van der Waals surface area contributed by atoms with Gasteiger partial charge in [-0.25, -0.2) is 13.1 Å². The van der Waals surface area contributed by atoms with Crippen LogP contribution < -0.4 is 10.0 Å². The van der Waals surface area contributed by atoms with Gasteiger partial charge >= 0.3 is 0 Å². The number of rotatable bonds is 6. The number of carbonyl (C=O) groups excluding carboxylic acids is 1. The topological polar surface area (TPSA) is 75.3 Å². The highest BCUT2D eigenvalue weighted by Gasteiger charge is 2.22. The van der Waals surface area contributed by atoms with Crippen LogP contribution in [0.15, 0.2) is 58.3 Å². The number of benzene rings is 2. The van der Waals surface area contributed by atoms with Crippen molar-refractivity contribution in [3.63, 3.8) is 0 Å². The van der Waals surface area contributed by atoms with E-state index in [1.54, 1.807) is 45.0 Å². The van der Waals surface area contributed by atoms with Crippen LogP contribution >= 0.6 is 23.4 Å². The zero-order valence-corrected chi connectivity index (χ0v) is 17.1. The minimum absolute atomic E-state index is 0.107. The number of nitrogens with one attached hydrogen (secondary N) is 2. The molecule has 0 atom stereocenters. The molecule has 0 spiro atoms. The molecule has 0 aliphatic heterocycles. The smallest absolute Gasteiger partial charge is 0.241 e. The van der Waals surface area contributed by atoms with Crippen molar-refractivity contribution >= 4 is 45.0 Å². The Morgan fingerprint density at radius 1 is 1.12 bits per heavy atom. The van der Waals surface area contributed by atoms with Gasteiger partial charge in [0.05, 0.1) is 10.6 Å². The summed E-state index contributed by atoms with van der Waals surface area (Å²) in [6.07, 6.45) is 0. The van der Waals surface area contributed by atoms with Crippen molar-refractivity contribution in [3.8, 4) is 0 Å². The quantitative estimate of drug-likeness (QED) is 0.699. The van der Waals surface area contributed by atoms with Gasteiger partial charge in [0.2, 0.25) is 15.9 Å². The van der Waals surface area contributed by atoms with Crippen molar-refractivity contribution < 1.29 is 13.2 Å². The van der Waals surface area contributed by atoms with Crippen molar-refractivity contribution in [2.75, 3.05) is 11.1 Å². The molecule has 0 bridgehead atoms. The molecule has 0 aliphatic carbocycles. The predicted molar refractivity (Wildman–Crippen MR) is 107 cm³/mol. The average molecular weight is 413 g/mol. The fourth-order valence-corrected chi connectivity index (χ4v) is 4.37. The molecule has 26 heavy (non-hydrogen) atoms. The molecule has 0 saturated heterocycles. The number of hydrogen-bond acceptors (Lipinski definition) is 4. The minimum Gasteiger partial charge on any atom is -0.325 e. The lowest BCUT2D eigenvalue weighted by atomic mass is 10.1. The number of amides is 1. The number of anilines is 1. The van der Waals surface area contributed by atoms with E-state index in [4.69, 9.17) is 11.6 Å². The summed E-state index contributed by atoms with van der Waals surface area (Å²) in [7, 11) is -3.65. The number of halogens is 1. The van der Waals surface area contributed by atoms with E-state index in [-0.39, 0.29) is 16.6 Å². The Kier molecular flexibility index (Phi) is 6.74. The molecule has 0 unspecified atom stereocenters.